The molecule has 1 N–H and O–H groups in total. The molecule has 0 aliphatic rings. The van der Waals surface area contributed by atoms with Gasteiger partial charge in [-0.1, -0.05) is 0 Å². The summed E-state index contributed by atoms with van der Waals surface area (Å²) in [4.78, 5) is 20.3. The second kappa shape index (κ2) is 3.31. The van der Waals surface area contributed by atoms with Crippen LogP contribution in [-0.4, -0.2) is 16.0 Å². The molecule has 6 heteroatoms. The molecule has 0 radical (unpaired) electrons. The van der Waals surface area contributed by atoms with E-state index in [0.29, 0.717) is 4.88 Å². The molecule has 1 rings (SSSR count). The Morgan fingerprint density at radius 3 is 2.83 bits per heavy atom. The van der Waals surface area contributed by atoms with Crippen LogP contribution in [0.5, 0.6) is 0 Å². The van der Waals surface area contributed by atoms with Crippen molar-refractivity contribution in [2.75, 3.05) is 0 Å². The van der Waals surface area contributed by atoms with E-state index in [4.69, 9.17) is 5.11 Å². The maximum absolute atomic E-state index is 10.2. The highest BCUT2D eigenvalue weighted by molar-refractivity contribution is 7.10. The number of carbonyl (C=O) groups is 1. The number of nitrogens with zero attached hydrogens (tertiary/aromatic N) is 1. The molecular weight excluding hydrogens is 182 g/mol. The van der Waals surface area contributed by atoms with Crippen molar-refractivity contribution >= 4 is 23.0 Å². The molecule has 1 heterocycles. The highest BCUT2D eigenvalue weighted by atomic mass is 32.1. The van der Waals surface area contributed by atoms with Crippen LogP contribution in [0.1, 0.15) is 4.88 Å². The Balaban J connectivity index is 2.77. The molecule has 64 valence electrons. The molecule has 12 heavy (non-hydrogen) atoms. The van der Waals surface area contributed by atoms with Gasteiger partial charge in [-0.2, -0.15) is 0 Å². The van der Waals surface area contributed by atoms with Crippen LogP contribution in [0.4, 0.5) is 5.69 Å². The van der Waals surface area contributed by atoms with Crippen molar-refractivity contribution in [3.05, 3.63) is 26.4 Å². The normalized spacial score (nSPS) is 9.67. The predicted molar refractivity (Wildman–Crippen MR) is 42.3 cm³/mol. The molecular formula is C6H5NO4S. The fraction of sp³-hybridized carbons (Fsp3) is 0.167. The number of thiophene rings is 1. The number of carboxylic acids is 1. The fourth-order valence-electron chi connectivity index (χ4n) is 0.707. The number of aliphatic carboxylic acids is 1. The number of carboxylic acid groups (broad SMARTS) is 1. The third kappa shape index (κ3) is 2.03. The quantitative estimate of drug-likeness (QED) is 0.571. The summed E-state index contributed by atoms with van der Waals surface area (Å²) < 4.78 is 0. The maximum atomic E-state index is 10.2. The molecule has 0 atom stereocenters. The molecule has 0 aromatic carbocycles. The summed E-state index contributed by atoms with van der Waals surface area (Å²) >= 11 is 1.08. The Kier molecular flexibility index (Phi) is 2.39. The van der Waals surface area contributed by atoms with Crippen molar-refractivity contribution < 1.29 is 14.8 Å². The van der Waals surface area contributed by atoms with Crippen molar-refractivity contribution in [2.45, 2.75) is 6.42 Å². The highest BCUT2D eigenvalue weighted by Crippen LogP contribution is 2.21. The summed E-state index contributed by atoms with van der Waals surface area (Å²) in [6.45, 7) is 0. The minimum atomic E-state index is -0.980. The number of hydrogen-bond donors (Lipinski definition) is 1. The van der Waals surface area contributed by atoms with E-state index < -0.39 is 10.9 Å². The van der Waals surface area contributed by atoms with Crippen LogP contribution in [-0.2, 0) is 11.2 Å². The lowest BCUT2D eigenvalue weighted by molar-refractivity contribution is -0.384. The van der Waals surface area contributed by atoms with Gasteiger partial charge in [0, 0.05) is 10.9 Å². The summed E-state index contributed by atoms with van der Waals surface area (Å²) in [5.41, 5.74) is -0.0451. The van der Waals surface area contributed by atoms with E-state index >= 15 is 0 Å². The van der Waals surface area contributed by atoms with Gasteiger partial charge in [0.2, 0.25) is 0 Å². The van der Waals surface area contributed by atoms with Gasteiger partial charge >= 0.3 is 5.97 Å². The average molecular weight is 187 g/mol. The minimum absolute atomic E-state index is 0.0451. The zero-order valence-corrected chi connectivity index (χ0v) is 6.71. The van der Waals surface area contributed by atoms with Gasteiger partial charge in [0.1, 0.15) is 0 Å². The van der Waals surface area contributed by atoms with Crippen LogP contribution >= 0.6 is 11.3 Å². The van der Waals surface area contributed by atoms with Crippen molar-refractivity contribution in [2.24, 2.45) is 0 Å². The van der Waals surface area contributed by atoms with Crippen molar-refractivity contribution in [3.63, 3.8) is 0 Å². The number of nitro groups is 1. The zero-order chi connectivity index (χ0) is 9.14. The average Bonchev–Trinajstić information content (AvgIpc) is 2.34. The standard InChI is InChI=1S/C6H5NO4S/c8-6(9)2-5-1-4(3-12-5)7(10)11/h1,3H,2H2,(H,8,9). The van der Waals surface area contributed by atoms with Gasteiger partial charge in [-0.3, -0.25) is 14.9 Å². The first-order valence-electron chi connectivity index (χ1n) is 3.03. The Labute approximate surface area is 71.4 Å². The van der Waals surface area contributed by atoms with E-state index in [1.165, 1.54) is 11.4 Å². The largest absolute Gasteiger partial charge is 0.481 e. The van der Waals surface area contributed by atoms with Crippen LogP contribution in [0.25, 0.3) is 0 Å². The Bertz CT molecular complexity index is 319. The highest BCUT2D eigenvalue weighted by Gasteiger charge is 2.10. The topological polar surface area (TPSA) is 80.4 Å². The molecule has 0 saturated carbocycles. The Morgan fingerprint density at radius 2 is 2.42 bits per heavy atom. The van der Waals surface area contributed by atoms with Gasteiger partial charge in [-0.25, -0.2) is 0 Å². The van der Waals surface area contributed by atoms with Crippen molar-refractivity contribution in [1.29, 1.82) is 0 Å². The summed E-state index contributed by atoms with van der Waals surface area (Å²) in [7, 11) is 0. The lowest BCUT2D eigenvalue weighted by Crippen LogP contribution is -1.97. The van der Waals surface area contributed by atoms with E-state index in [0.717, 1.165) is 11.3 Å². The van der Waals surface area contributed by atoms with Gasteiger partial charge in [0.05, 0.1) is 16.7 Å². The molecule has 1 aromatic rings. The van der Waals surface area contributed by atoms with E-state index in [2.05, 4.69) is 0 Å². The van der Waals surface area contributed by atoms with E-state index in [1.54, 1.807) is 0 Å². The molecule has 0 aliphatic heterocycles. The first-order chi connectivity index (χ1) is 5.59. The number of rotatable bonds is 3. The predicted octanol–water partition coefficient (Wildman–Crippen LogP) is 1.28. The smallest absolute Gasteiger partial charge is 0.308 e. The summed E-state index contributed by atoms with van der Waals surface area (Å²) in [5, 5.41) is 19.8. The molecule has 0 bridgehead atoms. The maximum Gasteiger partial charge on any atom is 0.308 e. The SMILES string of the molecule is O=C(O)Cc1cc([N+](=O)[O-])cs1. The zero-order valence-electron chi connectivity index (χ0n) is 5.89. The lowest BCUT2D eigenvalue weighted by atomic mass is 10.3. The van der Waals surface area contributed by atoms with Gasteiger partial charge < -0.3 is 5.11 Å². The Morgan fingerprint density at radius 1 is 1.75 bits per heavy atom. The van der Waals surface area contributed by atoms with E-state index in [1.807, 2.05) is 0 Å². The van der Waals surface area contributed by atoms with E-state index in [-0.39, 0.29) is 12.1 Å². The molecule has 0 aliphatic carbocycles. The van der Waals surface area contributed by atoms with Crippen LogP contribution in [0.3, 0.4) is 0 Å². The van der Waals surface area contributed by atoms with Gasteiger partial charge in [-0.05, 0) is 0 Å². The molecule has 0 saturated heterocycles. The van der Waals surface area contributed by atoms with E-state index in [9.17, 15) is 14.9 Å². The Hall–Kier alpha value is -1.43. The van der Waals surface area contributed by atoms with Crippen LogP contribution in [0.15, 0.2) is 11.4 Å². The molecule has 0 amide bonds. The first-order valence-corrected chi connectivity index (χ1v) is 3.91. The summed E-state index contributed by atoms with van der Waals surface area (Å²) in [5.74, 6) is -0.980. The first kappa shape index (κ1) is 8.66. The second-order valence-corrected chi connectivity index (χ2v) is 3.09. The van der Waals surface area contributed by atoms with Crippen molar-refractivity contribution in [1.82, 2.24) is 0 Å². The van der Waals surface area contributed by atoms with Gasteiger partial charge in [-0.15, -0.1) is 11.3 Å². The molecule has 0 unspecified atom stereocenters. The van der Waals surface area contributed by atoms with Crippen molar-refractivity contribution in [3.8, 4) is 0 Å². The third-order valence-electron chi connectivity index (χ3n) is 1.18. The summed E-state index contributed by atoms with van der Waals surface area (Å²) in [6, 6.07) is 1.28. The van der Waals surface area contributed by atoms with Gasteiger partial charge in [0.15, 0.2) is 0 Å². The molecule has 0 spiro atoms. The van der Waals surface area contributed by atoms with Crippen LogP contribution in [0, 0.1) is 10.1 Å². The number of hydrogen-bond acceptors (Lipinski definition) is 4. The summed E-state index contributed by atoms with van der Waals surface area (Å²) in [6.07, 6.45) is -0.154. The van der Waals surface area contributed by atoms with Gasteiger partial charge in [0.25, 0.3) is 5.69 Å². The third-order valence-corrected chi connectivity index (χ3v) is 2.10. The van der Waals surface area contributed by atoms with Crippen LogP contribution < -0.4 is 0 Å². The molecule has 1 aromatic heterocycles. The molecule has 5 nitrogen and oxygen atoms in total. The van der Waals surface area contributed by atoms with Crippen LogP contribution in [0.2, 0.25) is 0 Å². The lowest BCUT2D eigenvalue weighted by Gasteiger charge is -1.85. The second-order valence-electron chi connectivity index (χ2n) is 2.10. The minimum Gasteiger partial charge on any atom is -0.481 e. The monoisotopic (exact) mass is 187 g/mol. The molecule has 0 fully saturated rings. The fourth-order valence-corrected chi connectivity index (χ4v) is 1.53.